The van der Waals surface area contributed by atoms with Gasteiger partial charge in [0.15, 0.2) is 21.3 Å². The lowest BCUT2D eigenvalue weighted by atomic mass is 10.2. The summed E-state index contributed by atoms with van der Waals surface area (Å²) in [5.74, 6) is -2.90. The summed E-state index contributed by atoms with van der Waals surface area (Å²) in [6.07, 6.45) is 0. The predicted octanol–water partition coefficient (Wildman–Crippen LogP) is 2.67. The van der Waals surface area contributed by atoms with Crippen LogP contribution in [0.3, 0.4) is 0 Å². The van der Waals surface area contributed by atoms with Crippen LogP contribution in [0.25, 0.3) is 0 Å². The Morgan fingerprint density at radius 3 is 2.50 bits per heavy atom. The van der Waals surface area contributed by atoms with Crippen molar-refractivity contribution in [1.29, 1.82) is 0 Å². The van der Waals surface area contributed by atoms with Crippen LogP contribution in [-0.4, -0.2) is 33.8 Å². The van der Waals surface area contributed by atoms with E-state index in [2.05, 4.69) is 10.1 Å². The highest BCUT2D eigenvalue weighted by atomic mass is 32.2. The molecule has 2 aromatic rings. The summed E-state index contributed by atoms with van der Waals surface area (Å²) in [6.45, 7) is -3.20. The fourth-order valence-corrected chi connectivity index (χ4v) is 3.68. The Bertz CT molecular complexity index is 935. The second-order valence-electron chi connectivity index (χ2n) is 5.76. The molecular weight excluding hydrogens is 399 g/mol. The third kappa shape index (κ3) is 6.45. The lowest BCUT2D eigenvalue weighted by molar-refractivity contribution is -0.118. The molecule has 28 heavy (non-hydrogen) atoms. The van der Waals surface area contributed by atoms with Crippen LogP contribution < -0.4 is 14.8 Å². The maximum atomic E-state index is 13.5. The van der Waals surface area contributed by atoms with Crippen molar-refractivity contribution in [2.75, 3.05) is 12.9 Å². The van der Waals surface area contributed by atoms with Gasteiger partial charge in [0.25, 0.3) is 0 Å². The van der Waals surface area contributed by atoms with Crippen LogP contribution in [0.4, 0.5) is 13.2 Å². The Morgan fingerprint density at radius 2 is 1.86 bits per heavy atom. The summed E-state index contributed by atoms with van der Waals surface area (Å²) in [5, 5.41) is 2.35. The SMILES string of the molecule is COc1cc(CS(=O)(=O)CC(=O)NCc2ccccc2F)ccc1OC(F)F. The number of carbonyl (C=O) groups excluding carboxylic acids is 1. The molecule has 0 saturated carbocycles. The summed E-state index contributed by atoms with van der Waals surface area (Å²) >= 11 is 0. The molecule has 0 saturated heterocycles. The van der Waals surface area contributed by atoms with Gasteiger partial charge in [-0.2, -0.15) is 8.78 Å². The number of hydrogen-bond acceptors (Lipinski definition) is 5. The zero-order chi connectivity index (χ0) is 20.7. The zero-order valence-corrected chi connectivity index (χ0v) is 15.6. The van der Waals surface area contributed by atoms with Gasteiger partial charge in [-0.25, -0.2) is 12.8 Å². The van der Waals surface area contributed by atoms with Gasteiger partial charge in [-0.1, -0.05) is 24.3 Å². The van der Waals surface area contributed by atoms with Gasteiger partial charge in [0, 0.05) is 12.1 Å². The second-order valence-corrected chi connectivity index (χ2v) is 7.83. The van der Waals surface area contributed by atoms with Crippen molar-refractivity contribution in [3.05, 3.63) is 59.4 Å². The van der Waals surface area contributed by atoms with E-state index in [1.54, 1.807) is 6.07 Å². The molecule has 6 nitrogen and oxygen atoms in total. The quantitative estimate of drug-likeness (QED) is 0.679. The number of carbonyl (C=O) groups is 1. The number of nitrogens with one attached hydrogen (secondary N) is 1. The van der Waals surface area contributed by atoms with Crippen LogP contribution in [0.1, 0.15) is 11.1 Å². The summed E-state index contributed by atoms with van der Waals surface area (Å²) in [7, 11) is -2.64. The molecule has 0 aliphatic heterocycles. The second kappa shape index (κ2) is 9.45. The maximum Gasteiger partial charge on any atom is 0.387 e. The van der Waals surface area contributed by atoms with E-state index < -0.39 is 39.7 Å². The average molecular weight is 417 g/mol. The maximum absolute atomic E-state index is 13.5. The van der Waals surface area contributed by atoms with Crippen LogP contribution in [-0.2, 0) is 26.9 Å². The minimum Gasteiger partial charge on any atom is -0.493 e. The van der Waals surface area contributed by atoms with Crippen LogP contribution >= 0.6 is 0 Å². The van der Waals surface area contributed by atoms with Crippen molar-refractivity contribution >= 4 is 15.7 Å². The molecule has 0 unspecified atom stereocenters. The van der Waals surface area contributed by atoms with Crippen LogP contribution in [0.5, 0.6) is 11.5 Å². The van der Waals surface area contributed by atoms with Gasteiger partial charge < -0.3 is 14.8 Å². The van der Waals surface area contributed by atoms with Crippen molar-refractivity contribution in [2.24, 2.45) is 0 Å². The normalized spacial score (nSPS) is 11.3. The van der Waals surface area contributed by atoms with Gasteiger partial charge in [-0.15, -0.1) is 0 Å². The molecule has 0 radical (unpaired) electrons. The van der Waals surface area contributed by atoms with E-state index in [1.165, 1.54) is 37.4 Å². The molecule has 1 N–H and O–H groups in total. The fourth-order valence-electron chi connectivity index (χ4n) is 2.39. The van der Waals surface area contributed by atoms with Crippen molar-refractivity contribution < 1.29 is 35.9 Å². The highest BCUT2D eigenvalue weighted by Crippen LogP contribution is 2.30. The van der Waals surface area contributed by atoms with E-state index in [4.69, 9.17) is 4.74 Å². The molecule has 0 spiro atoms. The monoisotopic (exact) mass is 417 g/mol. The molecule has 152 valence electrons. The number of halogens is 3. The number of alkyl halides is 2. The molecule has 10 heteroatoms. The number of methoxy groups -OCH3 is 1. The Balaban J connectivity index is 1.99. The third-order valence-electron chi connectivity index (χ3n) is 3.62. The first-order chi connectivity index (χ1) is 13.2. The minimum atomic E-state index is -3.86. The molecule has 2 aromatic carbocycles. The lowest BCUT2D eigenvalue weighted by Gasteiger charge is -2.12. The molecule has 0 atom stereocenters. The van der Waals surface area contributed by atoms with Crippen molar-refractivity contribution in [3.63, 3.8) is 0 Å². The first kappa shape index (κ1) is 21.5. The van der Waals surface area contributed by atoms with E-state index in [9.17, 15) is 26.4 Å². The highest BCUT2D eigenvalue weighted by molar-refractivity contribution is 7.91. The molecule has 0 aliphatic rings. The molecule has 0 aliphatic carbocycles. The topological polar surface area (TPSA) is 81.7 Å². The van der Waals surface area contributed by atoms with Crippen LogP contribution in [0, 0.1) is 5.82 Å². The number of amides is 1. The van der Waals surface area contributed by atoms with Gasteiger partial charge in [0.2, 0.25) is 5.91 Å². The molecule has 1 amide bonds. The molecule has 0 fully saturated rings. The average Bonchev–Trinajstić information content (AvgIpc) is 2.61. The number of hydrogen-bond donors (Lipinski definition) is 1. The number of rotatable bonds is 9. The Hall–Kier alpha value is -2.75. The third-order valence-corrected chi connectivity index (χ3v) is 5.09. The van der Waals surface area contributed by atoms with Crippen molar-refractivity contribution in [2.45, 2.75) is 18.9 Å². The van der Waals surface area contributed by atoms with Crippen LogP contribution in [0.15, 0.2) is 42.5 Å². The summed E-state index contributed by atoms with van der Waals surface area (Å²) in [4.78, 5) is 11.9. The fraction of sp³-hybridized carbons (Fsp3) is 0.278. The van der Waals surface area contributed by atoms with Gasteiger partial charge in [-0.3, -0.25) is 4.79 Å². The Kier molecular flexibility index (Phi) is 7.27. The standard InChI is InChI=1S/C18H18F3NO5S/c1-26-16-8-12(6-7-15(16)27-18(20)21)10-28(24,25)11-17(23)22-9-13-4-2-3-5-14(13)19/h2-8,18H,9-11H2,1H3,(H,22,23). The first-order valence-corrected chi connectivity index (χ1v) is 9.84. The highest BCUT2D eigenvalue weighted by Gasteiger charge is 2.19. The van der Waals surface area contributed by atoms with Gasteiger partial charge >= 0.3 is 6.61 Å². The smallest absolute Gasteiger partial charge is 0.387 e. The lowest BCUT2D eigenvalue weighted by Crippen LogP contribution is -2.30. The van der Waals surface area contributed by atoms with Gasteiger partial charge in [0.05, 0.1) is 12.9 Å². The summed E-state index contributed by atoms with van der Waals surface area (Å²) in [6, 6.07) is 9.48. The molecule has 0 aromatic heterocycles. The van der Waals surface area contributed by atoms with Gasteiger partial charge in [-0.05, 0) is 23.8 Å². The van der Waals surface area contributed by atoms with E-state index in [-0.39, 0.29) is 29.2 Å². The molecular formula is C18H18F3NO5S. The van der Waals surface area contributed by atoms with E-state index in [0.717, 1.165) is 6.07 Å². The molecule has 0 bridgehead atoms. The summed E-state index contributed by atoms with van der Waals surface area (Å²) < 4.78 is 71.8. The predicted molar refractivity (Wildman–Crippen MR) is 95.4 cm³/mol. The molecule has 0 heterocycles. The van der Waals surface area contributed by atoms with Crippen molar-refractivity contribution in [1.82, 2.24) is 5.32 Å². The molecule has 2 rings (SSSR count). The van der Waals surface area contributed by atoms with E-state index >= 15 is 0 Å². The summed E-state index contributed by atoms with van der Waals surface area (Å²) in [5.41, 5.74) is 0.466. The number of ether oxygens (including phenoxy) is 2. The zero-order valence-electron chi connectivity index (χ0n) is 14.8. The number of sulfone groups is 1. The minimum absolute atomic E-state index is 0.0583. The Morgan fingerprint density at radius 1 is 1.14 bits per heavy atom. The van der Waals surface area contributed by atoms with Crippen LogP contribution in [0.2, 0.25) is 0 Å². The first-order valence-electron chi connectivity index (χ1n) is 8.02. The van der Waals surface area contributed by atoms with Gasteiger partial charge in [0.1, 0.15) is 11.6 Å². The van der Waals surface area contributed by atoms with E-state index in [1.807, 2.05) is 0 Å². The Labute approximate surface area is 160 Å². The van der Waals surface area contributed by atoms with E-state index in [0.29, 0.717) is 0 Å². The number of benzene rings is 2. The largest absolute Gasteiger partial charge is 0.493 e. The van der Waals surface area contributed by atoms with Crippen molar-refractivity contribution in [3.8, 4) is 11.5 Å².